The van der Waals surface area contributed by atoms with E-state index in [1.165, 1.54) is 0 Å². The number of amides is 3. The van der Waals surface area contributed by atoms with Crippen LogP contribution in [0.5, 0.6) is 0 Å². The van der Waals surface area contributed by atoms with Crippen molar-refractivity contribution in [2.75, 3.05) is 0 Å². The average Bonchev–Trinajstić information content (AvgIpc) is 2.96. The van der Waals surface area contributed by atoms with Gasteiger partial charge in [0.15, 0.2) is 0 Å². The van der Waals surface area contributed by atoms with Crippen molar-refractivity contribution in [2.45, 2.75) is 38.0 Å². The van der Waals surface area contributed by atoms with Gasteiger partial charge in [-0.2, -0.15) is 5.26 Å². The Hall–Kier alpha value is -2.88. The van der Waals surface area contributed by atoms with Gasteiger partial charge in [0, 0.05) is 6.42 Å². The standard InChI is InChI=1S/C16H15N3O4/c1-9-7-12(13(20)23-9)19-14(21)16(2,18-15(19)22)11-5-3-10(8-17)4-6-11/h3-6,9,12H,7H2,1-2H3,(H,18,22)/t9-,12-,16+/m1/s1. The SMILES string of the molecule is C[C@@H]1C[C@@H](N2C(=O)N[C@@](C)(c3ccc(C#N)cc3)C2=O)C(=O)O1. The lowest BCUT2D eigenvalue weighted by molar-refractivity contribution is -0.147. The van der Waals surface area contributed by atoms with Crippen molar-refractivity contribution in [2.24, 2.45) is 0 Å². The monoisotopic (exact) mass is 313 g/mol. The molecule has 0 aliphatic carbocycles. The first-order chi connectivity index (χ1) is 10.9. The molecule has 2 saturated heterocycles. The fraction of sp³-hybridized carbons (Fsp3) is 0.375. The van der Waals surface area contributed by atoms with Crippen LogP contribution in [-0.4, -0.2) is 35.0 Å². The number of carbonyl (C=O) groups excluding carboxylic acids is 3. The largest absolute Gasteiger partial charge is 0.461 e. The molecule has 7 heteroatoms. The van der Waals surface area contributed by atoms with Crippen molar-refractivity contribution in [3.63, 3.8) is 0 Å². The third kappa shape index (κ3) is 2.23. The summed E-state index contributed by atoms with van der Waals surface area (Å²) in [5.41, 5.74) is -0.257. The molecule has 3 atom stereocenters. The molecule has 0 saturated carbocycles. The number of benzene rings is 1. The molecule has 2 heterocycles. The molecule has 0 spiro atoms. The van der Waals surface area contributed by atoms with Gasteiger partial charge < -0.3 is 10.1 Å². The zero-order valence-electron chi connectivity index (χ0n) is 12.7. The summed E-state index contributed by atoms with van der Waals surface area (Å²) in [4.78, 5) is 37.9. The highest BCUT2D eigenvalue weighted by Gasteiger charge is 2.54. The second kappa shape index (κ2) is 5.09. The fourth-order valence-electron chi connectivity index (χ4n) is 2.96. The number of hydrogen-bond donors (Lipinski definition) is 1. The molecule has 1 aromatic rings. The van der Waals surface area contributed by atoms with Gasteiger partial charge in [0.1, 0.15) is 17.7 Å². The minimum atomic E-state index is -1.27. The van der Waals surface area contributed by atoms with E-state index in [0.29, 0.717) is 17.5 Å². The van der Waals surface area contributed by atoms with Crippen LogP contribution in [0.1, 0.15) is 31.4 Å². The van der Waals surface area contributed by atoms with Crippen LogP contribution in [0.4, 0.5) is 4.79 Å². The van der Waals surface area contributed by atoms with Crippen LogP contribution >= 0.6 is 0 Å². The van der Waals surface area contributed by atoms with Gasteiger partial charge in [-0.15, -0.1) is 0 Å². The number of carbonyl (C=O) groups is 3. The number of hydrogen-bond acceptors (Lipinski definition) is 5. The number of imide groups is 1. The van der Waals surface area contributed by atoms with Crippen LogP contribution in [0.15, 0.2) is 24.3 Å². The first kappa shape index (κ1) is 15.0. The summed E-state index contributed by atoms with van der Waals surface area (Å²) >= 11 is 0. The number of nitrogens with one attached hydrogen (secondary N) is 1. The van der Waals surface area contributed by atoms with Crippen molar-refractivity contribution in [1.29, 1.82) is 5.26 Å². The Morgan fingerprint density at radius 2 is 1.96 bits per heavy atom. The van der Waals surface area contributed by atoms with E-state index in [-0.39, 0.29) is 6.10 Å². The molecule has 118 valence electrons. The molecule has 1 aromatic carbocycles. The van der Waals surface area contributed by atoms with E-state index in [1.807, 2.05) is 6.07 Å². The van der Waals surface area contributed by atoms with E-state index in [4.69, 9.17) is 10.00 Å². The highest BCUT2D eigenvalue weighted by Crippen LogP contribution is 2.33. The van der Waals surface area contributed by atoms with Crippen molar-refractivity contribution in [1.82, 2.24) is 10.2 Å². The Labute approximate surface area is 132 Å². The Morgan fingerprint density at radius 1 is 1.30 bits per heavy atom. The minimum absolute atomic E-state index is 0.293. The number of cyclic esters (lactones) is 1. The molecule has 2 aliphatic heterocycles. The van der Waals surface area contributed by atoms with Gasteiger partial charge in [-0.05, 0) is 31.5 Å². The van der Waals surface area contributed by atoms with Crippen LogP contribution in [-0.2, 0) is 19.9 Å². The highest BCUT2D eigenvalue weighted by atomic mass is 16.6. The lowest BCUT2D eigenvalue weighted by atomic mass is 9.91. The zero-order valence-corrected chi connectivity index (χ0v) is 12.7. The molecular weight excluding hydrogens is 298 g/mol. The second-order valence-electron chi connectivity index (χ2n) is 5.92. The number of urea groups is 1. The second-order valence-corrected chi connectivity index (χ2v) is 5.92. The fourth-order valence-corrected chi connectivity index (χ4v) is 2.96. The molecule has 1 N–H and O–H groups in total. The summed E-state index contributed by atoms with van der Waals surface area (Å²) in [6.07, 6.45) is -0.0311. The molecule has 0 unspecified atom stereocenters. The topological polar surface area (TPSA) is 99.5 Å². The molecule has 23 heavy (non-hydrogen) atoms. The van der Waals surface area contributed by atoms with E-state index >= 15 is 0 Å². The molecular formula is C16H15N3O4. The van der Waals surface area contributed by atoms with Gasteiger partial charge in [0.25, 0.3) is 5.91 Å². The van der Waals surface area contributed by atoms with E-state index in [1.54, 1.807) is 38.1 Å². The number of rotatable bonds is 2. The number of nitriles is 1. The first-order valence-corrected chi connectivity index (χ1v) is 7.24. The lowest BCUT2D eigenvalue weighted by Gasteiger charge is -2.23. The van der Waals surface area contributed by atoms with Crippen LogP contribution in [0, 0.1) is 11.3 Å². The normalized spacial score (nSPS) is 30.1. The van der Waals surface area contributed by atoms with Gasteiger partial charge in [-0.25, -0.2) is 14.5 Å². The third-order valence-corrected chi connectivity index (χ3v) is 4.27. The minimum Gasteiger partial charge on any atom is -0.461 e. The van der Waals surface area contributed by atoms with Crippen LogP contribution in [0.3, 0.4) is 0 Å². The summed E-state index contributed by atoms with van der Waals surface area (Å²) in [6, 6.07) is 6.89. The van der Waals surface area contributed by atoms with Crippen LogP contribution in [0.25, 0.3) is 0 Å². The van der Waals surface area contributed by atoms with Crippen molar-refractivity contribution in [3.05, 3.63) is 35.4 Å². The summed E-state index contributed by atoms with van der Waals surface area (Å²) < 4.78 is 5.04. The maximum Gasteiger partial charge on any atom is 0.329 e. The molecule has 7 nitrogen and oxygen atoms in total. The van der Waals surface area contributed by atoms with Crippen molar-refractivity contribution < 1.29 is 19.1 Å². The van der Waals surface area contributed by atoms with Gasteiger partial charge in [0.2, 0.25) is 0 Å². The summed E-state index contributed by atoms with van der Waals surface area (Å²) in [6.45, 7) is 3.30. The smallest absolute Gasteiger partial charge is 0.329 e. The van der Waals surface area contributed by atoms with Gasteiger partial charge >= 0.3 is 12.0 Å². The van der Waals surface area contributed by atoms with Crippen LogP contribution in [0.2, 0.25) is 0 Å². The molecule has 2 fully saturated rings. The summed E-state index contributed by atoms with van der Waals surface area (Å²) in [5.74, 6) is -1.06. The Morgan fingerprint density at radius 3 is 2.48 bits per heavy atom. The maximum absolute atomic E-state index is 12.8. The van der Waals surface area contributed by atoms with E-state index in [2.05, 4.69) is 5.32 Å². The van der Waals surface area contributed by atoms with E-state index in [0.717, 1.165) is 4.90 Å². The predicted octanol–water partition coefficient (Wildman–Crippen LogP) is 1.03. The first-order valence-electron chi connectivity index (χ1n) is 7.24. The van der Waals surface area contributed by atoms with Crippen LogP contribution < -0.4 is 5.32 Å². The van der Waals surface area contributed by atoms with Gasteiger partial charge in [0.05, 0.1) is 11.6 Å². The maximum atomic E-state index is 12.8. The van der Waals surface area contributed by atoms with Gasteiger partial charge in [-0.1, -0.05) is 12.1 Å². The molecule has 0 bridgehead atoms. The Balaban J connectivity index is 1.93. The molecule has 2 aliphatic rings. The lowest BCUT2D eigenvalue weighted by Crippen LogP contribution is -2.45. The van der Waals surface area contributed by atoms with E-state index < -0.39 is 29.5 Å². The van der Waals surface area contributed by atoms with Gasteiger partial charge in [-0.3, -0.25) is 4.79 Å². The summed E-state index contributed by atoms with van der Waals surface area (Å²) in [5, 5.41) is 11.5. The molecule has 3 amide bonds. The van der Waals surface area contributed by atoms with Crippen molar-refractivity contribution >= 4 is 17.9 Å². The highest BCUT2D eigenvalue weighted by molar-refractivity contribution is 6.09. The number of ether oxygens (including phenoxy) is 1. The Kier molecular flexibility index (Phi) is 3.33. The summed E-state index contributed by atoms with van der Waals surface area (Å²) in [7, 11) is 0. The molecule has 3 rings (SSSR count). The zero-order chi connectivity index (χ0) is 16.8. The predicted molar refractivity (Wildman–Crippen MR) is 77.8 cm³/mol. The molecule has 0 radical (unpaired) electrons. The number of esters is 1. The molecule has 0 aromatic heterocycles. The third-order valence-electron chi connectivity index (χ3n) is 4.27. The quantitative estimate of drug-likeness (QED) is 0.649. The Bertz CT molecular complexity index is 737. The van der Waals surface area contributed by atoms with E-state index in [9.17, 15) is 14.4 Å². The average molecular weight is 313 g/mol. The van der Waals surface area contributed by atoms with Crippen molar-refractivity contribution in [3.8, 4) is 6.07 Å². The number of nitrogens with zero attached hydrogens (tertiary/aromatic N) is 2.